The van der Waals surface area contributed by atoms with E-state index in [-0.39, 0.29) is 11.4 Å². The third-order valence-corrected chi connectivity index (χ3v) is 6.41. The van der Waals surface area contributed by atoms with Gasteiger partial charge in [0.1, 0.15) is 5.82 Å². The van der Waals surface area contributed by atoms with Crippen molar-refractivity contribution in [3.8, 4) is 0 Å². The monoisotopic (exact) mass is 302 g/mol. The molecule has 1 aromatic heterocycles. The fourth-order valence-corrected chi connectivity index (χ4v) is 6.29. The van der Waals surface area contributed by atoms with Gasteiger partial charge in [0.2, 0.25) is 0 Å². The van der Waals surface area contributed by atoms with Crippen LogP contribution in [0.4, 0.5) is 4.39 Å². The summed E-state index contributed by atoms with van der Waals surface area (Å²) in [6.45, 7) is 0. The Morgan fingerprint density at radius 3 is 2.33 bits per heavy atom. The summed E-state index contributed by atoms with van der Waals surface area (Å²) >= 11 is 5.62. The van der Waals surface area contributed by atoms with Crippen LogP contribution >= 0.6 is 12.2 Å². The summed E-state index contributed by atoms with van der Waals surface area (Å²) in [5.74, 6) is 2.40. The lowest BCUT2D eigenvalue weighted by molar-refractivity contribution is -0.0416. The molecule has 4 saturated carbocycles. The van der Waals surface area contributed by atoms with Crippen molar-refractivity contribution in [1.82, 2.24) is 9.55 Å². The molecule has 4 fully saturated rings. The molecule has 1 N–H and O–H groups in total. The van der Waals surface area contributed by atoms with Crippen molar-refractivity contribution in [3.63, 3.8) is 0 Å². The van der Waals surface area contributed by atoms with Crippen LogP contribution in [-0.2, 0) is 5.54 Å². The normalized spacial score (nSPS) is 37.5. The van der Waals surface area contributed by atoms with Crippen molar-refractivity contribution in [1.29, 1.82) is 0 Å². The van der Waals surface area contributed by atoms with Crippen LogP contribution in [0.25, 0.3) is 11.0 Å². The first-order valence-corrected chi connectivity index (χ1v) is 8.45. The van der Waals surface area contributed by atoms with Crippen molar-refractivity contribution in [2.24, 2.45) is 17.8 Å². The Labute approximate surface area is 128 Å². The zero-order valence-electron chi connectivity index (χ0n) is 11.9. The van der Waals surface area contributed by atoms with Crippen molar-refractivity contribution in [2.45, 2.75) is 44.1 Å². The van der Waals surface area contributed by atoms with E-state index in [2.05, 4.69) is 9.55 Å². The van der Waals surface area contributed by atoms with Crippen LogP contribution in [0.5, 0.6) is 0 Å². The third-order valence-electron chi connectivity index (χ3n) is 6.13. The molecule has 4 aliphatic carbocycles. The van der Waals surface area contributed by atoms with Crippen LogP contribution in [0.1, 0.15) is 38.5 Å². The summed E-state index contributed by atoms with van der Waals surface area (Å²) in [7, 11) is 0. The number of aromatic amines is 1. The molecular weight excluding hydrogens is 283 g/mol. The average molecular weight is 302 g/mol. The average Bonchev–Trinajstić information content (AvgIpc) is 2.72. The predicted octanol–water partition coefficient (Wildman–Crippen LogP) is 4.76. The first-order chi connectivity index (χ1) is 10.1. The molecule has 110 valence electrons. The summed E-state index contributed by atoms with van der Waals surface area (Å²) in [5, 5.41) is 0. The molecule has 1 aromatic carbocycles. The number of benzene rings is 1. The largest absolute Gasteiger partial charge is 0.331 e. The molecule has 2 nitrogen and oxygen atoms in total. The van der Waals surface area contributed by atoms with E-state index >= 15 is 0 Å². The number of hydrogen-bond donors (Lipinski definition) is 1. The van der Waals surface area contributed by atoms with Gasteiger partial charge in [-0.15, -0.1) is 0 Å². The Kier molecular flexibility index (Phi) is 2.35. The van der Waals surface area contributed by atoms with E-state index in [0.717, 1.165) is 33.6 Å². The highest BCUT2D eigenvalue weighted by Crippen LogP contribution is 2.59. The van der Waals surface area contributed by atoms with Gasteiger partial charge >= 0.3 is 0 Å². The van der Waals surface area contributed by atoms with E-state index in [1.165, 1.54) is 44.6 Å². The Hall–Kier alpha value is -1.16. The van der Waals surface area contributed by atoms with E-state index in [1.54, 1.807) is 6.07 Å². The smallest absolute Gasteiger partial charge is 0.178 e. The zero-order valence-corrected chi connectivity index (χ0v) is 12.8. The number of hydrogen-bond acceptors (Lipinski definition) is 1. The van der Waals surface area contributed by atoms with Crippen molar-refractivity contribution in [3.05, 3.63) is 28.8 Å². The van der Waals surface area contributed by atoms with Crippen LogP contribution in [-0.4, -0.2) is 9.55 Å². The van der Waals surface area contributed by atoms with Crippen LogP contribution < -0.4 is 0 Å². The lowest BCUT2D eigenvalue weighted by Crippen LogP contribution is -2.51. The Morgan fingerprint density at radius 2 is 1.71 bits per heavy atom. The fourth-order valence-electron chi connectivity index (χ4n) is 5.89. The molecule has 2 aromatic rings. The molecule has 4 aliphatic rings. The van der Waals surface area contributed by atoms with Crippen LogP contribution in [0.2, 0.25) is 0 Å². The number of halogens is 1. The molecule has 6 rings (SSSR count). The quantitative estimate of drug-likeness (QED) is 0.753. The molecule has 4 heteroatoms. The molecule has 0 spiro atoms. The van der Waals surface area contributed by atoms with Crippen LogP contribution in [0, 0.1) is 28.3 Å². The fraction of sp³-hybridized carbons (Fsp3) is 0.588. The Morgan fingerprint density at radius 1 is 1.10 bits per heavy atom. The molecule has 4 bridgehead atoms. The second-order valence-electron chi connectivity index (χ2n) is 7.57. The van der Waals surface area contributed by atoms with Gasteiger partial charge in [0.15, 0.2) is 4.77 Å². The Balaban J connectivity index is 1.75. The second kappa shape index (κ2) is 3.97. The van der Waals surface area contributed by atoms with Gasteiger partial charge in [0.25, 0.3) is 0 Å². The number of fused-ring (bicyclic) bond motifs is 1. The first kappa shape index (κ1) is 12.4. The SMILES string of the molecule is Fc1ccc2[nH]c(=S)n(C34CC5CC(CC(C5)C3)C4)c2c1. The number of nitrogens with zero attached hydrogens (tertiary/aromatic N) is 1. The van der Waals surface area contributed by atoms with E-state index in [1.807, 2.05) is 6.07 Å². The van der Waals surface area contributed by atoms with Crippen molar-refractivity contribution >= 4 is 23.3 Å². The standard InChI is InChI=1S/C17H19FN2S/c18-13-1-2-14-15(6-13)20(16(21)19-14)17-7-10-3-11(8-17)5-12(4-10)9-17/h1-2,6,10-12H,3-5,7-9H2,(H,19,21). The summed E-state index contributed by atoms with van der Waals surface area (Å²) in [5.41, 5.74) is 2.08. The molecule has 21 heavy (non-hydrogen) atoms. The maximum absolute atomic E-state index is 13.7. The molecule has 0 saturated heterocycles. The molecule has 0 aliphatic heterocycles. The third kappa shape index (κ3) is 1.65. The topological polar surface area (TPSA) is 20.7 Å². The van der Waals surface area contributed by atoms with E-state index < -0.39 is 0 Å². The predicted molar refractivity (Wildman–Crippen MR) is 83.2 cm³/mol. The van der Waals surface area contributed by atoms with Gasteiger partial charge in [-0.25, -0.2) is 4.39 Å². The van der Waals surface area contributed by atoms with Crippen molar-refractivity contribution < 1.29 is 4.39 Å². The highest BCUT2D eigenvalue weighted by molar-refractivity contribution is 7.71. The van der Waals surface area contributed by atoms with E-state index in [9.17, 15) is 4.39 Å². The Bertz CT molecular complexity index is 752. The molecular formula is C17H19FN2S. The lowest BCUT2D eigenvalue weighted by Gasteiger charge is -2.57. The molecule has 0 unspecified atom stereocenters. The number of imidazole rings is 1. The number of aromatic nitrogens is 2. The van der Waals surface area contributed by atoms with E-state index in [4.69, 9.17) is 12.2 Å². The maximum atomic E-state index is 13.7. The van der Waals surface area contributed by atoms with Crippen LogP contribution in [0.3, 0.4) is 0 Å². The number of nitrogens with one attached hydrogen (secondary N) is 1. The van der Waals surface area contributed by atoms with Gasteiger partial charge in [0, 0.05) is 5.54 Å². The molecule has 0 atom stereocenters. The number of rotatable bonds is 1. The first-order valence-electron chi connectivity index (χ1n) is 8.04. The highest BCUT2D eigenvalue weighted by atomic mass is 32.1. The zero-order chi connectivity index (χ0) is 14.2. The van der Waals surface area contributed by atoms with Crippen LogP contribution in [0.15, 0.2) is 18.2 Å². The summed E-state index contributed by atoms with van der Waals surface area (Å²) in [6.07, 6.45) is 7.92. The van der Waals surface area contributed by atoms with Gasteiger partial charge in [-0.1, -0.05) is 0 Å². The summed E-state index contributed by atoms with van der Waals surface area (Å²) in [4.78, 5) is 3.29. The highest BCUT2D eigenvalue weighted by Gasteiger charge is 2.52. The van der Waals surface area contributed by atoms with Crippen molar-refractivity contribution in [2.75, 3.05) is 0 Å². The lowest BCUT2D eigenvalue weighted by atomic mass is 9.53. The van der Waals surface area contributed by atoms with Gasteiger partial charge in [-0.2, -0.15) is 0 Å². The van der Waals surface area contributed by atoms with Gasteiger partial charge in [0.05, 0.1) is 11.0 Å². The minimum Gasteiger partial charge on any atom is -0.331 e. The van der Waals surface area contributed by atoms with E-state index in [0.29, 0.717) is 0 Å². The summed E-state index contributed by atoms with van der Waals surface area (Å²) in [6, 6.07) is 4.98. The minimum atomic E-state index is -0.171. The summed E-state index contributed by atoms with van der Waals surface area (Å²) < 4.78 is 16.8. The molecule has 0 radical (unpaired) electrons. The second-order valence-corrected chi connectivity index (χ2v) is 7.96. The van der Waals surface area contributed by atoms with Gasteiger partial charge in [-0.3, -0.25) is 0 Å². The van der Waals surface area contributed by atoms with Gasteiger partial charge in [-0.05, 0) is 86.7 Å². The number of H-pyrrole nitrogens is 1. The molecule has 1 heterocycles. The maximum Gasteiger partial charge on any atom is 0.178 e. The van der Waals surface area contributed by atoms with Gasteiger partial charge < -0.3 is 9.55 Å². The molecule has 0 amide bonds. The minimum absolute atomic E-state index is 0.151.